The Hall–Kier alpha value is -3.70. The van der Waals surface area contributed by atoms with E-state index in [2.05, 4.69) is 0 Å². The lowest BCUT2D eigenvalue weighted by Gasteiger charge is -2.49. The zero-order valence-corrected chi connectivity index (χ0v) is 31.8. The van der Waals surface area contributed by atoms with E-state index in [0.29, 0.717) is 5.56 Å². The molecule has 14 nitrogen and oxygen atoms in total. The molecule has 52 heavy (non-hydrogen) atoms. The molecule has 0 amide bonds. The summed E-state index contributed by atoms with van der Waals surface area (Å²) in [7, 11) is -2.68. The molecular formula is C37H50O14Si. The Labute approximate surface area is 305 Å². The van der Waals surface area contributed by atoms with Crippen LogP contribution in [0.15, 0.2) is 60.7 Å². The van der Waals surface area contributed by atoms with Crippen molar-refractivity contribution in [3.05, 3.63) is 71.8 Å². The molecule has 2 aliphatic rings. The summed E-state index contributed by atoms with van der Waals surface area (Å²) in [6.45, 7) is 13.0. The van der Waals surface area contributed by atoms with Crippen LogP contribution < -0.4 is 0 Å². The van der Waals surface area contributed by atoms with Crippen molar-refractivity contribution in [1.29, 1.82) is 0 Å². The van der Waals surface area contributed by atoms with E-state index in [1.807, 2.05) is 64.2 Å². The summed E-state index contributed by atoms with van der Waals surface area (Å²) < 4.78 is 54.2. The maximum Gasteiger partial charge on any atom is 0.338 e. The van der Waals surface area contributed by atoms with Gasteiger partial charge in [0.15, 0.2) is 39.2 Å². The van der Waals surface area contributed by atoms with Crippen molar-refractivity contribution in [3.8, 4) is 0 Å². The van der Waals surface area contributed by atoms with Crippen molar-refractivity contribution in [2.45, 2.75) is 122 Å². The normalized spacial score (nSPS) is 28.0. The van der Waals surface area contributed by atoms with Crippen molar-refractivity contribution < 1.29 is 66.6 Å². The SMILES string of the molecule is CC(=O)O[C@@H]1[C@@H](OC(C)=O)[C@H](O[C@H]2[C@H](O[Si](C)(C)C(C)(C)C)O[C@H](COC(=O)c3ccccc3)[C@@H](O)[C@@H]2OCc2ccccc2)OC[C@H]1OC(C)=O. The predicted octanol–water partition coefficient (Wildman–Crippen LogP) is 4.07. The number of ether oxygens (including phenoxy) is 8. The van der Waals surface area contributed by atoms with E-state index in [1.54, 1.807) is 30.3 Å². The molecule has 4 rings (SSSR count). The fourth-order valence-corrected chi connectivity index (χ4v) is 6.61. The number of aliphatic hydroxyl groups excluding tert-OH is 1. The number of aliphatic hydroxyl groups is 1. The van der Waals surface area contributed by atoms with Crippen molar-refractivity contribution in [2.24, 2.45) is 0 Å². The molecule has 2 fully saturated rings. The van der Waals surface area contributed by atoms with Crippen LogP contribution in [0.1, 0.15) is 57.5 Å². The Morgan fingerprint density at radius 1 is 0.788 bits per heavy atom. The van der Waals surface area contributed by atoms with Crippen LogP contribution in [0.3, 0.4) is 0 Å². The first kappa shape index (κ1) is 41.1. The third-order valence-electron chi connectivity index (χ3n) is 9.10. The monoisotopic (exact) mass is 746 g/mol. The van der Waals surface area contributed by atoms with Crippen LogP contribution in [0.25, 0.3) is 0 Å². The van der Waals surface area contributed by atoms with Gasteiger partial charge in [-0.1, -0.05) is 69.3 Å². The van der Waals surface area contributed by atoms with Crippen LogP contribution in [0.2, 0.25) is 18.1 Å². The van der Waals surface area contributed by atoms with Gasteiger partial charge < -0.3 is 47.4 Å². The van der Waals surface area contributed by atoms with Crippen LogP contribution in [-0.2, 0) is 63.3 Å². The summed E-state index contributed by atoms with van der Waals surface area (Å²) in [6.07, 6.45) is -11.5. The lowest BCUT2D eigenvalue weighted by Crippen LogP contribution is -2.66. The summed E-state index contributed by atoms with van der Waals surface area (Å²) in [5.41, 5.74) is 1.11. The molecule has 2 aliphatic heterocycles. The molecule has 2 saturated heterocycles. The Morgan fingerprint density at radius 2 is 1.37 bits per heavy atom. The minimum atomic E-state index is -2.68. The van der Waals surface area contributed by atoms with Gasteiger partial charge in [-0.05, 0) is 35.8 Å². The molecule has 286 valence electrons. The van der Waals surface area contributed by atoms with Crippen LogP contribution in [-0.4, -0.2) is 106 Å². The second-order valence-electron chi connectivity index (χ2n) is 14.2. The van der Waals surface area contributed by atoms with Crippen molar-refractivity contribution >= 4 is 32.2 Å². The summed E-state index contributed by atoms with van der Waals surface area (Å²) >= 11 is 0. The number of hydrogen-bond acceptors (Lipinski definition) is 14. The van der Waals surface area contributed by atoms with E-state index in [4.69, 9.17) is 42.3 Å². The van der Waals surface area contributed by atoms with Gasteiger partial charge in [0.25, 0.3) is 0 Å². The standard InChI is InChI=1S/C37H50O14Si/c1-22(38)46-28-21-45-35(32(48-24(3)40)30(28)47-23(2)39)50-33-31(43-19-25-15-11-9-12-16-25)29(41)27(20-44-34(42)26-17-13-10-14-18-26)49-36(33)51-52(7,8)37(4,5)6/h9-18,27-33,35-36,41H,19-21H2,1-8H3/t27-,28-,29-,30+,31+,32-,33-,35+,36+/m1/s1. The summed E-state index contributed by atoms with van der Waals surface area (Å²) in [5, 5.41) is 11.6. The van der Waals surface area contributed by atoms with Crippen LogP contribution in [0.5, 0.6) is 0 Å². The smallest absolute Gasteiger partial charge is 0.338 e. The fourth-order valence-electron chi connectivity index (χ4n) is 5.49. The minimum Gasteiger partial charge on any atom is -0.459 e. The molecule has 0 unspecified atom stereocenters. The molecule has 2 aromatic rings. The summed E-state index contributed by atoms with van der Waals surface area (Å²) in [5.74, 6) is -2.77. The van der Waals surface area contributed by atoms with Crippen molar-refractivity contribution in [3.63, 3.8) is 0 Å². The van der Waals surface area contributed by atoms with E-state index in [-0.39, 0.29) is 24.9 Å². The largest absolute Gasteiger partial charge is 0.459 e. The number of carbonyl (C=O) groups excluding carboxylic acids is 4. The number of hydrogen-bond donors (Lipinski definition) is 1. The quantitative estimate of drug-likeness (QED) is 0.177. The highest BCUT2D eigenvalue weighted by Gasteiger charge is 2.55. The zero-order valence-electron chi connectivity index (χ0n) is 30.8. The molecule has 2 aromatic carbocycles. The molecule has 15 heteroatoms. The van der Waals surface area contributed by atoms with Crippen molar-refractivity contribution in [2.75, 3.05) is 13.2 Å². The highest BCUT2D eigenvalue weighted by atomic mass is 28.4. The van der Waals surface area contributed by atoms with E-state index in [1.165, 1.54) is 6.92 Å². The first-order valence-electron chi connectivity index (χ1n) is 17.1. The van der Waals surface area contributed by atoms with Gasteiger partial charge in [-0.3, -0.25) is 14.4 Å². The lowest BCUT2D eigenvalue weighted by molar-refractivity contribution is -0.352. The van der Waals surface area contributed by atoms with Gasteiger partial charge in [-0.25, -0.2) is 4.79 Å². The minimum absolute atomic E-state index is 0.0370. The van der Waals surface area contributed by atoms with Gasteiger partial charge in [0.2, 0.25) is 0 Å². The van der Waals surface area contributed by atoms with Crippen LogP contribution in [0, 0.1) is 0 Å². The average Bonchev–Trinajstić information content (AvgIpc) is 3.07. The number of esters is 4. The third kappa shape index (κ3) is 10.9. The highest BCUT2D eigenvalue weighted by molar-refractivity contribution is 6.74. The number of rotatable bonds is 13. The van der Waals surface area contributed by atoms with Crippen LogP contribution in [0.4, 0.5) is 0 Å². The molecule has 2 heterocycles. The van der Waals surface area contributed by atoms with Gasteiger partial charge in [0.05, 0.1) is 18.8 Å². The fraction of sp³-hybridized carbons (Fsp3) is 0.568. The maximum atomic E-state index is 12.9. The Kier molecular flexibility index (Phi) is 14.1. The molecule has 0 bridgehead atoms. The van der Waals surface area contributed by atoms with E-state index in [9.17, 15) is 24.3 Å². The average molecular weight is 747 g/mol. The predicted molar refractivity (Wildman–Crippen MR) is 186 cm³/mol. The Balaban J connectivity index is 1.73. The molecule has 1 N–H and O–H groups in total. The summed E-state index contributed by atoms with van der Waals surface area (Å²) in [6, 6.07) is 17.7. The number of carbonyl (C=O) groups is 4. The summed E-state index contributed by atoms with van der Waals surface area (Å²) in [4.78, 5) is 49.5. The molecule has 0 aromatic heterocycles. The molecule has 0 radical (unpaired) electrons. The molecule has 0 aliphatic carbocycles. The van der Waals surface area contributed by atoms with Gasteiger partial charge >= 0.3 is 23.9 Å². The third-order valence-corrected chi connectivity index (χ3v) is 13.5. The first-order valence-corrected chi connectivity index (χ1v) is 20.1. The molecule has 0 saturated carbocycles. The lowest BCUT2D eigenvalue weighted by atomic mass is 9.98. The second kappa shape index (κ2) is 17.9. The van der Waals surface area contributed by atoms with Gasteiger partial charge in [0, 0.05) is 20.8 Å². The van der Waals surface area contributed by atoms with Gasteiger partial charge in [-0.15, -0.1) is 0 Å². The van der Waals surface area contributed by atoms with Gasteiger partial charge in [-0.2, -0.15) is 0 Å². The maximum absolute atomic E-state index is 12.9. The topological polar surface area (TPSA) is 172 Å². The van der Waals surface area contributed by atoms with Crippen molar-refractivity contribution in [1.82, 2.24) is 0 Å². The Bertz CT molecular complexity index is 1500. The number of benzene rings is 2. The molecular weight excluding hydrogens is 696 g/mol. The molecule has 0 spiro atoms. The highest BCUT2D eigenvalue weighted by Crippen LogP contribution is 2.41. The second-order valence-corrected chi connectivity index (χ2v) is 19.0. The van der Waals surface area contributed by atoms with Gasteiger partial charge in [0.1, 0.15) is 31.0 Å². The Morgan fingerprint density at radius 3 is 1.94 bits per heavy atom. The van der Waals surface area contributed by atoms with E-state index >= 15 is 0 Å². The van der Waals surface area contributed by atoms with Crippen LogP contribution >= 0.6 is 0 Å². The first-order chi connectivity index (χ1) is 24.5. The molecule has 9 atom stereocenters. The van der Waals surface area contributed by atoms with E-state index in [0.717, 1.165) is 19.4 Å². The van der Waals surface area contributed by atoms with E-state index < -0.39 is 87.5 Å². The zero-order chi connectivity index (χ0) is 38.2.